The van der Waals surface area contributed by atoms with Crippen molar-refractivity contribution in [2.45, 2.75) is 19.1 Å². The molecule has 0 spiro atoms. The number of anilines is 2. The van der Waals surface area contributed by atoms with Crippen LogP contribution < -0.4 is 9.80 Å². The number of nitrogens with one attached hydrogen (secondary N) is 1. The second-order valence-electron chi connectivity index (χ2n) is 8.53. The number of nitrogens with zero attached hydrogens (tertiary/aromatic N) is 4. The van der Waals surface area contributed by atoms with Crippen molar-refractivity contribution in [1.82, 2.24) is 15.0 Å². The van der Waals surface area contributed by atoms with Crippen LogP contribution in [0.2, 0.25) is 0 Å². The van der Waals surface area contributed by atoms with Gasteiger partial charge in [-0.1, -0.05) is 0 Å². The Morgan fingerprint density at radius 2 is 1.78 bits per heavy atom. The summed E-state index contributed by atoms with van der Waals surface area (Å²) in [4.78, 5) is 15.8. The van der Waals surface area contributed by atoms with Gasteiger partial charge in [0.15, 0.2) is 17.5 Å². The van der Waals surface area contributed by atoms with Crippen LogP contribution in [0.1, 0.15) is 12.5 Å². The van der Waals surface area contributed by atoms with Gasteiger partial charge in [0.25, 0.3) is 0 Å². The maximum atomic E-state index is 13.9. The first-order valence-corrected chi connectivity index (χ1v) is 11.7. The zero-order valence-electron chi connectivity index (χ0n) is 18.7. The van der Waals surface area contributed by atoms with Crippen molar-refractivity contribution in [2.24, 2.45) is 0 Å². The number of halogens is 7. The van der Waals surface area contributed by atoms with Crippen molar-refractivity contribution in [2.75, 3.05) is 29.4 Å². The van der Waals surface area contributed by atoms with Crippen LogP contribution in [0.25, 0.3) is 22.2 Å². The van der Waals surface area contributed by atoms with Gasteiger partial charge in [0.05, 0.1) is 21.1 Å². The van der Waals surface area contributed by atoms with Crippen LogP contribution in [-0.4, -0.2) is 40.6 Å². The average Bonchev–Trinajstić information content (AvgIpc) is 3.26. The lowest BCUT2D eigenvalue weighted by molar-refractivity contribution is -0.137. The highest BCUT2D eigenvalue weighted by atomic mass is 79.9. The van der Waals surface area contributed by atoms with E-state index >= 15 is 0 Å². The summed E-state index contributed by atoms with van der Waals surface area (Å²) in [6, 6.07) is 6.68. The van der Waals surface area contributed by atoms with Crippen LogP contribution in [0.4, 0.5) is 38.1 Å². The van der Waals surface area contributed by atoms with Crippen LogP contribution in [-0.2, 0) is 6.18 Å². The summed E-state index contributed by atoms with van der Waals surface area (Å²) in [5.74, 6) is -3.60. The molecule has 5 nitrogen and oxygen atoms in total. The molecule has 0 bridgehead atoms. The minimum absolute atomic E-state index is 0.0105. The average molecular weight is 570 g/mol. The Bertz CT molecular complexity index is 1430. The van der Waals surface area contributed by atoms with Crippen molar-refractivity contribution >= 4 is 38.7 Å². The van der Waals surface area contributed by atoms with Crippen molar-refractivity contribution in [3.05, 3.63) is 70.1 Å². The van der Waals surface area contributed by atoms with Crippen molar-refractivity contribution in [1.29, 1.82) is 0 Å². The van der Waals surface area contributed by atoms with Gasteiger partial charge in [0.2, 0.25) is 5.95 Å². The smallest absolute Gasteiger partial charge is 0.349 e. The number of benzene rings is 2. The predicted octanol–water partition coefficient (Wildman–Crippen LogP) is 6.54. The Hall–Kier alpha value is -3.28. The van der Waals surface area contributed by atoms with Gasteiger partial charge in [0, 0.05) is 37.4 Å². The summed E-state index contributed by atoms with van der Waals surface area (Å²) in [7, 11) is 0. The van der Waals surface area contributed by atoms with Crippen LogP contribution in [0.5, 0.6) is 0 Å². The van der Waals surface area contributed by atoms with Crippen molar-refractivity contribution < 1.29 is 26.3 Å². The lowest BCUT2D eigenvalue weighted by Crippen LogP contribution is -2.52. The molecule has 0 aliphatic carbocycles. The zero-order valence-corrected chi connectivity index (χ0v) is 20.3. The SMILES string of the molecule is C[C@@H]1CN(c2nc3c(-c4cc(F)c(F)c(F)c4)cc(C(F)(F)F)cc3[nH]2)CCN1c1ncccc1Br. The van der Waals surface area contributed by atoms with E-state index in [-0.39, 0.29) is 28.2 Å². The Balaban J connectivity index is 1.55. The molecule has 0 amide bonds. The first kappa shape index (κ1) is 24.4. The molecule has 36 heavy (non-hydrogen) atoms. The van der Waals surface area contributed by atoms with E-state index in [1.54, 1.807) is 6.20 Å². The third kappa shape index (κ3) is 4.38. The number of piperazine rings is 1. The normalized spacial score (nSPS) is 16.7. The molecule has 1 aliphatic rings. The van der Waals surface area contributed by atoms with Gasteiger partial charge in [-0.15, -0.1) is 0 Å². The van der Waals surface area contributed by atoms with Crippen LogP contribution in [0.15, 0.2) is 47.1 Å². The van der Waals surface area contributed by atoms with E-state index in [0.29, 0.717) is 37.7 Å². The lowest BCUT2D eigenvalue weighted by atomic mass is 10.0. The molecule has 1 fully saturated rings. The van der Waals surface area contributed by atoms with Gasteiger partial charge in [0.1, 0.15) is 5.82 Å². The van der Waals surface area contributed by atoms with Gasteiger partial charge < -0.3 is 14.8 Å². The fraction of sp³-hybridized carbons (Fsp3) is 0.250. The Kier molecular flexibility index (Phi) is 6.09. The summed E-state index contributed by atoms with van der Waals surface area (Å²) in [6.07, 6.45) is -3.03. The number of pyridine rings is 1. The number of hydrogen-bond acceptors (Lipinski definition) is 4. The number of aromatic amines is 1. The second-order valence-corrected chi connectivity index (χ2v) is 9.38. The third-order valence-electron chi connectivity index (χ3n) is 6.13. The van der Waals surface area contributed by atoms with Crippen molar-refractivity contribution in [3.8, 4) is 11.1 Å². The second kappa shape index (κ2) is 8.99. The first-order valence-electron chi connectivity index (χ1n) is 10.9. The molecule has 188 valence electrons. The number of imidazole rings is 1. The van der Waals surface area contributed by atoms with Gasteiger partial charge in [-0.2, -0.15) is 13.2 Å². The summed E-state index contributed by atoms with van der Waals surface area (Å²) < 4.78 is 83.0. The maximum absolute atomic E-state index is 13.9. The summed E-state index contributed by atoms with van der Waals surface area (Å²) >= 11 is 3.51. The molecule has 3 heterocycles. The summed E-state index contributed by atoms with van der Waals surface area (Å²) in [5.41, 5.74) is -1.31. The third-order valence-corrected chi connectivity index (χ3v) is 6.75. The van der Waals surface area contributed by atoms with Gasteiger partial charge >= 0.3 is 6.18 Å². The van der Waals surface area contributed by atoms with E-state index in [1.165, 1.54) is 0 Å². The number of hydrogen-bond donors (Lipinski definition) is 1. The molecule has 5 rings (SSSR count). The highest BCUT2D eigenvalue weighted by Crippen LogP contribution is 2.38. The largest absolute Gasteiger partial charge is 0.416 e. The van der Waals surface area contributed by atoms with Crippen molar-refractivity contribution in [3.63, 3.8) is 0 Å². The van der Waals surface area contributed by atoms with E-state index in [2.05, 4.69) is 35.8 Å². The lowest BCUT2D eigenvalue weighted by Gasteiger charge is -2.40. The van der Waals surface area contributed by atoms with Crippen LogP contribution in [0.3, 0.4) is 0 Å². The molecule has 4 aromatic rings. The molecule has 2 aromatic carbocycles. The number of aromatic nitrogens is 3. The minimum atomic E-state index is -4.72. The Labute approximate surface area is 209 Å². The molecular weight excluding hydrogens is 552 g/mol. The number of fused-ring (bicyclic) bond motifs is 1. The zero-order chi connectivity index (χ0) is 25.8. The van der Waals surface area contributed by atoms with Crippen LogP contribution in [0, 0.1) is 17.5 Å². The molecule has 0 unspecified atom stereocenters. The topological polar surface area (TPSA) is 48.1 Å². The summed E-state index contributed by atoms with van der Waals surface area (Å²) in [6.45, 7) is 3.55. The monoisotopic (exact) mass is 569 g/mol. The molecule has 1 atom stereocenters. The number of H-pyrrole nitrogens is 1. The predicted molar refractivity (Wildman–Crippen MR) is 127 cm³/mol. The van der Waals surface area contributed by atoms with E-state index in [0.717, 1.165) is 22.4 Å². The number of alkyl halides is 3. The van der Waals surface area contributed by atoms with E-state index in [4.69, 9.17) is 0 Å². The molecule has 0 radical (unpaired) electrons. The van der Waals surface area contributed by atoms with Crippen LogP contribution >= 0.6 is 15.9 Å². The van der Waals surface area contributed by atoms with E-state index in [1.807, 2.05) is 24.0 Å². The highest BCUT2D eigenvalue weighted by Gasteiger charge is 2.33. The summed E-state index contributed by atoms with van der Waals surface area (Å²) in [5, 5.41) is 0. The van der Waals surface area contributed by atoms with Gasteiger partial charge in [-0.05, 0) is 64.8 Å². The number of rotatable bonds is 3. The minimum Gasteiger partial charge on any atom is -0.349 e. The Morgan fingerprint density at radius 3 is 2.42 bits per heavy atom. The maximum Gasteiger partial charge on any atom is 0.416 e. The van der Waals surface area contributed by atoms with E-state index in [9.17, 15) is 26.3 Å². The first-order chi connectivity index (χ1) is 17.0. The molecule has 2 aromatic heterocycles. The highest BCUT2D eigenvalue weighted by molar-refractivity contribution is 9.10. The Morgan fingerprint density at radius 1 is 1.06 bits per heavy atom. The molecule has 1 aliphatic heterocycles. The van der Waals surface area contributed by atoms with Gasteiger partial charge in [-0.25, -0.2) is 23.1 Å². The molecular formula is C24H18BrF6N5. The molecule has 1 saturated heterocycles. The van der Waals surface area contributed by atoms with E-state index < -0.39 is 29.2 Å². The quantitative estimate of drug-likeness (QED) is 0.225. The molecule has 0 saturated carbocycles. The fourth-order valence-corrected chi connectivity index (χ4v) is 4.89. The molecule has 1 N–H and O–H groups in total. The fourth-order valence-electron chi connectivity index (χ4n) is 4.40. The standard InChI is InChI=1S/C24H18BrF6N5/c1-12-11-35(5-6-36(12)22-16(25)3-2-4-32-22)23-33-19-10-14(24(29,30)31)9-15(21(19)34-23)13-7-17(26)20(28)18(27)8-13/h2-4,7-10,12H,5-6,11H2,1H3,(H,33,34)/t12-/m1/s1. The van der Waals surface area contributed by atoms with Gasteiger partial charge in [-0.3, -0.25) is 0 Å². The molecule has 12 heteroatoms.